The number of methoxy groups -OCH3 is 1. The molecule has 4 nitrogen and oxygen atoms in total. The predicted octanol–water partition coefficient (Wildman–Crippen LogP) is 1.16. The Morgan fingerprint density at radius 2 is 2.27 bits per heavy atom. The molecule has 0 spiro atoms. The molecule has 1 aromatic rings. The molecule has 1 aromatic carbocycles. The second-order valence-corrected chi connectivity index (χ2v) is 2.87. The van der Waals surface area contributed by atoms with Crippen molar-refractivity contribution in [2.24, 2.45) is 0 Å². The monoisotopic (exact) mass is 207 g/mol. The summed E-state index contributed by atoms with van der Waals surface area (Å²) >= 11 is 0. The molecule has 0 saturated carbocycles. The van der Waals surface area contributed by atoms with Crippen molar-refractivity contribution in [1.29, 1.82) is 0 Å². The number of benzene rings is 1. The fourth-order valence-electron chi connectivity index (χ4n) is 1.04. The van der Waals surface area contributed by atoms with Crippen LogP contribution in [0.2, 0.25) is 0 Å². The molecule has 0 bridgehead atoms. The standard InChI is InChI=1S/C11H13NO3/c1-12-11(14)6-4-8-3-5-9(15-2)7-10(8)13/h3-7,13H,1-2H3,(H,12,14)/b6-4+. The maximum atomic E-state index is 10.9. The number of carbonyl (C=O) groups excluding carboxylic acids is 1. The third-order valence-corrected chi connectivity index (χ3v) is 1.90. The van der Waals surface area contributed by atoms with Crippen molar-refractivity contribution in [3.63, 3.8) is 0 Å². The number of amides is 1. The Morgan fingerprint density at radius 3 is 2.80 bits per heavy atom. The van der Waals surface area contributed by atoms with Gasteiger partial charge in [-0.15, -0.1) is 0 Å². The van der Waals surface area contributed by atoms with Gasteiger partial charge in [-0.2, -0.15) is 0 Å². The Morgan fingerprint density at radius 1 is 1.53 bits per heavy atom. The van der Waals surface area contributed by atoms with Crippen molar-refractivity contribution in [2.45, 2.75) is 0 Å². The molecule has 0 aliphatic carbocycles. The van der Waals surface area contributed by atoms with Crippen molar-refractivity contribution in [3.8, 4) is 11.5 Å². The van der Waals surface area contributed by atoms with E-state index >= 15 is 0 Å². The fraction of sp³-hybridized carbons (Fsp3) is 0.182. The van der Waals surface area contributed by atoms with Crippen LogP contribution in [0.15, 0.2) is 24.3 Å². The maximum Gasteiger partial charge on any atom is 0.243 e. The topological polar surface area (TPSA) is 58.6 Å². The van der Waals surface area contributed by atoms with Crippen LogP contribution in [-0.4, -0.2) is 25.2 Å². The van der Waals surface area contributed by atoms with Crippen LogP contribution in [0.5, 0.6) is 11.5 Å². The lowest BCUT2D eigenvalue weighted by molar-refractivity contribution is -0.115. The average Bonchev–Trinajstić information content (AvgIpc) is 2.26. The second-order valence-electron chi connectivity index (χ2n) is 2.87. The van der Waals surface area contributed by atoms with Crippen molar-refractivity contribution >= 4 is 12.0 Å². The molecule has 2 N–H and O–H groups in total. The van der Waals surface area contributed by atoms with Crippen molar-refractivity contribution in [3.05, 3.63) is 29.8 Å². The first-order valence-corrected chi connectivity index (χ1v) is 4.44. The van der Waals surface area contributed by atoms with Crippen molar-refractivity contribution in [2.75, 3.05) is 14.2 Å². The van der Waals surface area contributed by atoms with E-state index in [0.29, 0.717) is 11.3 Å². The smallest absolute Gasteiger partial charge is 0.243 e. The van der Waals surface area contributed by atoms with E-state index in [2.05, 4.69) is 5.32 Å². The molecular weight excluding hydrogens is 194 g/mol. The molecule has 0 aliphatic heterocycles. The minimum absolute atomic E-state index is 0.0782. The number of ether oxygens (including phenoxy) is 1. The molecular formula is C11H13NO3. The molecule has 0 saturated heterocycles. The Hall–Kier alpha value is -1.97. The minimum Gasteiger partial charge on any atom is -0.507 e. The van der Waals surface area contributed by atoms with E-state index in [-0.39, 0.29) is 11.7 Å². The lowest BCUT2D eigenvalue weighted by Gasteiger charge is -2.02. The van der Waals surface area contributed by atoms with E-state index < -0.39 is 0 Å². The molecule has 0 fully saturated rings. The summed E-state index contributed by atoms with van der Waals surface area (Å²) in [5, 5.41) is 12.0. The van der Waals surface area contributed by atoms with Crippen LogP contribution in [0.1, 0.15) is 5.56 Å². The maximum absolute atomic E-state index is 10.9. The van der Waals surface area contributed by atoms with Crippen molar-refractivity contribution in [1.82, 2.24) is 5.32 Å². The summed E-state index contributed by atoms with van der Waals surface area (Å²) in [5.41, 5.74) is 0.569. The van der Waals surface area contributed by atoms with Gasteiger partial charge in [-0.3, -0.25) is 4.79 Å². The van der Waals surface area contributed by atoms with E-state index in [4.69, 9.17) is 4.74 Å². The summed E-state index contributed by atoms with van der Waals surface area (Å²) in [6, 6.07) is 4.88. The first-order valence-electron chi connectivity index (χ1n) is 4.44. The molecule has 0 heterocycles. The summed E-state index contributed by atoms with van der Waals surface area (Å²) in [7, 11) is 3.06. The fourth-order valence-corrected chi connectivity index (χ4v) is 1.04. The van der Waals surface area contributed by atoms with E-state index in [9.17, 15) is 9.90 Å². The van der Waals surface area contributed by atoms with Gasteiger partial charge in [0, 0.05) is 24.8 Å². The number of phenols is 1. The first-order chi connectivity index (χ1) is 7.17. The second kappa shape index (κ2) is 5.05. The molecule has 0 atom stereocenters. The van der Waals surface area contributed by atoms with Crippen LogP contribution in [0, 0.1) is 0 Å². The van der Waals surface area contributed by atoms with Gasteiger partial charge in [-0.05, 0) is 18.2 Å². The quantitative estimate of drug-likeness (QED) is 0.731. The molecule has 15 heavy (non-hydrogen) atoms. The van der Waals surface area contributed by atoms with Crippen LogP contribution < -0.4 is 10.1 Å². The van der Waals surface area contributed by atoms with Gasteiger partial charge in [0.2, 0.25) is 5.91 Å². The van der Waals surface area contributed by atoms with Gasteiger partial charge in [0.15, 0.2) is 0 Å². The highest BCUT2D eigenvalue weighted by Gasteiger charge is 2.00. The Kier molecular flexibility index (Phi) is 3.74. The molecule has 80 valence electrons. The summed E-state index contributed by atoms with van der Waals surface area (Å²) in [5.74, 6) is 0.435. The lowest BCUT2D eigenvalue weighted by Crippen LogP contribution is -2.13. The zero-order valence-electron chi connectivity index (χ0n) is 8.65. The number of rotatable bonds is 3. The number of hydrogen-bond acceptors (Lipinski definition) is 3. The third kappa shape index (κ3) is 3.02. The Labute approximate surface area is 88.2 Å². The zero-order chi connectivity index (χ0) is 11.3. The largest absolute Gasteiger partial charge is 0.507 e. The number of likely N-dealkylation sites (N-methyl/N-ethyl adjacent to an activating group) is 1. The number of phenolic OH excluding ortho intramolecular Hbond substituents is 1. The highest BCUT2D eigenvalue weighted by molar-refractivity contribution is 5.91. The summed E-state index contributed by atoms with van der Waals surface area (Å²) in [6.07, 6.45) is 2.88. The molecule has 4 heteroatoms. The normalized spacial score (nSPS) is 10.3. The van der Waals surface area contributed by atoms with Crippen LogP contribution in [0.25, 0.3) is 6.08 Å². The highest BCUT2D eigenvalue weighted by Crippen LogP contribution is 2.24. The minimum atomic E-state index is -0.217. The lowest BCUT2D eigenvalue weighted by atomic mass is 10.2. The first kappa shape index (κ1) is 11.1. The average molecular weight is 207 g/mol. The molecule has 0 aliphatic rings. The van der Waals surface area contributed by atoms with E-state index in [1.54, 1.807) is 19.2 Å². The van der Waals surface area contributed by atoms with Gasteiger partial charge in [0.05, 0.1) is 7.11 Å². The summed E-state index contributed by atoms with van der Waals surface area (Å²) in [6.45, 7) is 0. The van der Waals surface area contributed by atoms with Crippen LogP contribution in [-0.2, 0) is 4.79 Å². The van der Waals surface area contributed by atoms with Crippen molar-refractivity contribution < 1.29 is 14.6 Å². The van der Waals surface area contributed by atoms with Gasteiger partial charge < -0.3 is 15.2 Å². The van der Waals surface area contributed by atoms with E-state index in [0.717, 1.165) is 0 Å². The van der Waals surface area contributed by atoms with E-state index in [1.165, 1.54) is 25.3 Å². The summed E-state index contributed by atoms with van der Waals surface area (Å²) in [4.78, 5) is 10.9. The number of nitrogens with one attached hydrogen (secondary N) is 1. The Balaban J connectivity index is 2.87. The zero-order valence-corrected chi connectivity index (χ0v) is 8.65. The number of hydrogen-bond donors (Lipinski definition) is 2. The SMILES string of the molecule is CNC(=O)/C=C/c1ccc(OC)cc1O. The number of carbonyl (C=O) groups is 1. The van der Waals surface area contributed by atoms with Gasteiger partial charge in [0.1, 0.15) is 11.5 Å². The molecule has 1 rings (SSSR count). The molecule has 0 aromatic heterocycles. The van der Waals surface area contributed by atoms with Gasteiger partial charge >= 0.3 is 0 Å². The Bertz CT molecular complexity index is 385. The number of aromatic hydroxyl groups is 1. The molecule has 1 amide bonds. The van der Waals surface area contributed by atoms with Crippen LogP contribution in [0.4, 0.5) is 0 Å². The highest BCUT2D eigenvalue weighted by atomic mass is 16.5. The third-order valence-electron chi connectivity index (χ3n) is 1.90. The van der Waals surface area contributed by atoms with Gasteiger partial charge in [-0.25, -0.2) is 0 Å². The van der Waals surface area contributed by atoms with E-state index in [1.807, 2.05) is 0 Å². The molecule has 0 unspecified atom stereocenters. The van der Waals surface area contributed by atoms with Gasteiger partial charge in [-0.1, -0.05) is 0 Å². The summed E-state index contributed by atoms with van der Waals surface area (Å²) < 4.78 is 4.93. The van der Waals surface area contributed by atoms with Gasteiger partial charge in [0.25, 0.3) is 0 Å². The van der Waals surface area contributed by atoms with Crippen LogP contribution >= 0.6 is 0 Å². The molecule has 0 radical (unpaired) electrons. The van der Waals surface area contributed by atoms with Crippen LogP contribution in [0.3, 0.4) is 0 Å². The predicted molar refractivity (Wildman–Crippen MR) is 57.8 cm³/mol.